The standard InChI is InChI=1S/C88H149NO8/c1-6-8-10-12-14-16-18-20-22-24-26-28-30-32-34-36-38-40-42-43-45-47-49-51-53-55-57-59-61-63-65-67-69-71-73-75-77-79-86(91)97-84(83-96-88(87(92)93)94-81-80-89(3,4)5)82-95-85(90)78-76-74-72-70-68-66-64-62-60-58-56-54-52-50-48-46-44-41-39-37-35-33-31-29-27-25-23-21-19-17-15-13-11-9-7-2/h8-11,14-17,20-23,26-29,32-35,38-41,84,88H,6-7,12-13,18-19,24-25,30-31,36-37,42-83H2,1-5H3/p+1/b10-8-,11-9-,16-14-,17-15-,22-20-,23-21-,28-26-,29-27-,34-32-,35-33-,40-38-,41-39-. The molecule has 97 heavy (non-hydrogen) atoms. The Labute approximate surface area is 598 Å². The molecule has 0 aliphatic carbocycles. The number of ether oxygens (including phenoxy) is 4. The first-order valence-corrected chi connectivity index (χ1v) is 40.0. The van der Waals surface area contributed by atoms with Gasteiger partial charge in [-0.05, 0) is 116 Å². The molecule has 1 N–H and O–H groups in total. The zero-order valence-corrected chi connectivity index (χ0v) is 63.4. The van der Waals surface area contributed by atoms with Crippen LogP contribution in [-0.2, 0) is 33.3 Å². The number of rotatable bonds is 73. The van der Waals surface area contributed by atoms with E-state index < -0.39 is 24.3 Å². The van der Waals surface area contributed by atoms with Crippen LogP contribution < -0.4 is 0 Å². The van der Waals surface area contributed by atoms with E-state index in [0.29, 0.717) is 17.4 Å². The third-order valence-corrected chi connectivity index (χ3v) is 17.1. The normalized spacial score (nSPS) is 13.5. The number of carbonyl (C=O) groups is 3. The van der Waals surface area contributed by atoms with E-state index in [0.717, 1.165) is 116 Å². The third-order valence-electron chi connectivity index (χ3n) is 17.1. The van der Waals surface area contributed by atoms with Gasteiger partial charge in [-0.25, -0.2) is 4.79 Å². The molecular weight excluding hydrogens is 1200 g/mol. The molecular formula is C88H150NO8+. The van der Waals surface area contributed by atoms with E-state index in [4.69, 9.17) is 18.9 Å². The van der Waals surface area contributed by atoms with Crippen molar-refractivity contribution in [3.63, 3.8) is 0 Å². The van der Waals surface area contributed by atoms with Gasteiger partial charge < -0.3 is 28.5 Å². The molecule has 9 nitrogen and oxygen atoms in total. The first kappa shape index (κ1) is 92.2. The minimum absolute atomic E-state index is 0.184. The van der Waals surface area contributed by atoms with E-state index in [1.54, 1.807) is 0 Å². The Kier molecular flexibility index (Phi) is 73.1. The molecule has 0 aliphatic heterocycles. The molecule has 0 aliphatic rings. The molecule has 2 unspecified atom stereocenters. The molecule has 0 aromatic rings. The van der Waals surface area contributed by atoms with E-state index in [9.17, 15) is 19.5 Å². The number of carboxylic acid groups (broad SMARTS) is 1. The summed E-state index contributed by atoms with van der Waals surface area (Å²) in [6.45, 7) is 4.68. The highest BCUT2D eigenvalue weighted by Crippen LogP contribution is 2.18. The molecule has 0 bridgehead atoms. The summed E-state index contributed by atoms with van der Waals surface area (Å²) in [6, 6.07) is 0. The molecule has 0 rings (SSSR count). The average molecular weight is 1350 g/mol. The van der Waals surface area contributed by atoms with Gasteiger partial charge in [-0.1, -0.05) is 352 Å². The zero-order valence-electron chi connectivity index (χ0n) is 63.4. The number of likely N-dealkylation sites (N-methyl/N-ethyl adjacent to an activating group) is 1. The molecule has 9 heteroatoms. The van der Waals surface area contributed by atoms with Crippen LogP contribution in [-0.4, -0.2) is 87.4 Å². The van der Waals surface area contributed by atoms with Crippen LogP contribution >= 0.6 is 0 Å². The van der Waals surface area contributed by atoms with Gasteiger partial charge in [0.25, 0.3) is 6.29 Å². The Balaban J connectivity index is 4.04. The van der Waals surface area contributed by atoms with E-state index >= 15 is 0 Å². The summed E-state index contributed by atoms with van der Waals surface area (Å²) in [5.74, 6) is -1.99. The third kappa shape index (κ3) is 78.4. The zero-order chi connectivity index (χ0) is 70.4. The summed E-state index contributed by atoms with van der Waals surface area (Å²) in [7, 11) is 5.99. The van der Waals surface area contributed by atoms with Crippen LogP contribution in [0.1, 0.15) is 335 Å². The average Bonchev–Trinajstić information content (AvgIpc) is 3.11. The van der Waals surface area contributed by atoms with Crippen LogP contribution in [0.15, 0.2) is 146 Å². The molecule has 0 heterocycles. The number of hydrogen-bond acceptors (Lipinski definition) is 7. The lowest BCUT2D eigenvalue weighted by molar-refractivity contribution is -0.870. The van der Waals surface area contributed by atoms with Crippen molar-refractivity contribution in [3.8, 4) is 0 Å². The summed E-state index contributed by atoms with van der Waals surface area (Å²) in [4.78, 5) is 37.8. The molecule has 0 amide bonds. The van der Waals surface area contributed by atoms with Crippen molar-refractivity contribution in [1.29, 1.82) is 0 Å². The van der Waals surface area contributed by atoms with Crippen molar-refractivity contribution >= 4 is 17.9 Å². The van der Waals surface area contributed by atoms with E-state index in [2.05, 4.69) is 160 Å². The molecule has 0 spiro atoms. The van der Waals surface area contributed by atoms with Gasteiger partial charge in [0.05, 0.1) is 34.4 Å². The Morgan fingerprint density at radius 1 is 0.309 bits per heavy atom. The Hall–Kier alpha value is -4.83. The highest BCUT2D eigenvalue weighted by Gasteiger charge is 2.25. The molecule has 0 radical (unpaired) electrons. The summed E-state index contributed by atoms with van der Waals surface area (Å²) in [5, 5.41) is 9.78. The highest BCUT2D eigenvalue weighted by molar-refractivity contribution is 5.71. The second kappa shape index (κ2) is 76.9. The number of carbonyl (C=O) groups excluding carboxylic acids is 2. The summed E-state index contributed by atoms with van der Waals surface area (Å²) in [6.07, 6.45) is 110. The predicted octanol–water partition coefficient (Wildman–Crippen LogP) is 25.8. The molecule has 554 valence electrons. The lowest BCUT2D eigenvalue weighted by atomic mass is 10.0. The number of nitrogens with zero attached hydrogens (tertiary/aromatic N) is 1. The lowest BCUT2D eigenvalue weighted by Crippen LogP contribution is -2.40. The number of esters is 2. The van der Waals surface area contributed by atoms with Crippen LogP contribution in [0, 0.1) is 0 Å². The smallest absolute Gasteiger partial charge is 0.361 e. The molecule has 0 aromatic carbocycles. The highest BCUT2D eigenvalue weighted by atomic mass is 16.7. The van der Waals surface area contributed by atoms with Gasteiger partial charge in [0.15, 0.2) is 6.10 Å². The SMILES string of the molecule is CC/C=C\C/C=C\C/C=C\C/C=C\C/C=C\C/C=C\CCCCCCCCCCCCCCCCCCCCC(=O)OC(COC(=O)CCCCCCCCCCCCCCCCCC/C=C\C/C=C\C/C=C\C/C=C\C/C=C\C/C=C\CC)COC(OCC[N+](C)(C)C)C(=O)O. The second-order valence-electron chi connectivity index (χ2n) is 27.6. The fourth-order valence-electron chi connectivity index (χ4n) is 11.1. The number of carboxylic acids is 1. The molecule has 0 aromatic heterocycles. The quantitative estimate of drug-likeness (QED) is 0.0211. The number of aliphatic carboxylic acids is 1. The van der Waals surface area contributed by atoms with Crippen molar-refractivity contribution in [2.45, 2.75) is 347 Å². The minimum Gasteiger partial charge on any atom is -0.477 e. The maximum absolute atomic E-state index is 13.0. The summed E-state index contributed by atoms with van der Waals surface area (Å²) in [5.41, 5.74) is 0. The second-order valence-corrected chi connectivity index (χ2v) is 27.6. The van der Waals surface area contributed by atoms with E-state index in [-0.39, 0.29) is 32.2 Å². The van der Waals surface area contributed by atoms with Crippen LogP contribution in [0.3, 0.4) is 0 Å². The minimum atomic E-state index is -1.52. The Morgan fingerprint density at radius 3 is 0.825 bits per heavy atom. The monoisotopic (exact) mass is 1350 g/mol. The fourth-order valence-corrected chi connectivity index (χ4v) is 11.1. The van der Waals surface area contributed by atoms with Gasteiger partial charge >= 0.3 is 17.9 Å². The summed E-state index contributed by atoms with van der Waals surface area (Å²) < 4.78 is 23.1. The van der Waals surface area contributed by atoms with Crippen molar-refractivity contribution < 1.29 is 42.9 Å². The van der Waals surface area contributed by atoms with Crippen LogP contribution in [0.4, 0.5) is 0 Å². The van der Waals surface area contributed by atoms with Crippen molar-refractivity contribution in [2.75, 3.05) is 47.5 Å². The van der Waals surface area contributed by atoms with E-state index in [1.165, 1.54) is 193 Å². The first-order chi connectivity index (χ1) is 47.6. The number of allylic oxidation sites excluding steroid dienone is 24. The first-order valence-electron chi connectivity index (χ1n) is 40.0. The van der Waals surface area contributed by atoms with Crippen LogP contribution in [0.5, 0.6) is 0 Å². The molecule has 0 saturated carbocycles. The molecule has 0 saturated heterocycles. The van der Waals surface area contributed by atoms with Gasteiger partial charge in [-0.2, -0.15) is 0 Å². The Morgan fingerprint density at radius 2 is 0.557 bits per heavy atom. The largest absolute Gasteiger partial charge is 0.477 e. The number of quaternary nitrogens is 1. The Bertz CT molecular complexity index is 2110. The number of hydrogen-bond donors (Lipinski definition) is 1. The maximum atomic E-state index is 13.0. The van der Waals surface area contributed by atoms with Gasteiger partial charge in [0.1, 0.15) is 13.2 Å². The van der Waals surface area contributed by atoms with Gasteiger partial charge in [0.2, 0.25) is 0 Å². The van der Waals surface area contributed by atoms with Crippen molar-refractivity contribution in [1.82, 2.24) is 0 Å². The topological polar surface area (TPSA) is 108 Å². The fraction of sp³-hybridized carbons (Fsp3) is 0.693. The van der Waals surface area contributed by atoms with Gasteiger partial charge in [0, 0.05) is 12.8 Å². The van der Waals surface area contributed by atoms with Crippen molar-refractivity contribution in [3.05, 3.63) is 146 Å². The predicted molar refractivity (Wildman–Crippen MR) is 419 cm³/mol. The van der Waals surface area contributed by atoms with Crippen LogP contribution in [0.25, 0.3) is 0 Å². The molecule has 0 fully saturated rings. The summed E-state index contributed by atoms with van der Waals surface area (Å²) >= 11 is 0. The van der Waals surface area contributed by atoms with Crippen molar-refractivity contribution in [2.24, 2.45) is 0 Å². The maximum Gasteiger partial charge on any atom is 0.361 e. The number of unbranched alkanes of at least 4 members (excludes halogenated alkanes) is 34. The van der Waals surface area contributed by atoms with Gasteiger partial charge in [-0.15, -0.1) is 0 Å². The lowest BCUT2D eigenvalue weighted by Gasteiger charge is -2.25. The molecule has 2 atom stereocenters. The van der Waals surface area contributed by atoms with Gasteiger partial charge in [-0.3, -0.25) is 9.59 Å². The van der Waals surface area contributed by atoms with Crippen LogP contribution in [0.2, 0.25) is 0 Å². The van der Waals surface area contributed by atoms with E-state index in [1.807, 2.05) is 21.1 Å².